The molecule has 3 nitrogen and oxygen atoms in total. The maximum atomic E-state index is 11.8. The molecule has 6 aliphatic carbocycles. The van der Waals surface area contributed by atoms with Crippen LogP contribution < -0.4 is 0 Å². The first-order chi connectivity index (χ1) is 8.04. The smallest absolute Gasteiger partial charge is 0.317 e. The first-order valence-electron chi connectivity index (χ1n) is 6.80. The Morgan fingerprint density at radius 3 is 1.53 bits per heavy atom. The largest absolute Gasteiger partial charge is 0.393 e. The third-order valence-corrected chi connectivity index (χ3v) is 8.32. The highest BCUT2D eigenvalue weighted by Gasteiger charge is 3.02. The Labute approximate surface area is 98.9 Å². The minimum atomic E-state index is -0.200. The lowest BCUT2D eigenvalue weighted by Crippen LogP contribution is -3.01. The lowest BCUT2D eigenvalue weighted by molar-refractivity contribution is -0.571. The summed E-state index contributed by atoms with van der Waals surface area (Å²) in [6.07, 6.45) is 0. The van der Waals surface area contributed by atoms with Crippen LogP contribution >= 0.6 is 0 Å². The van der Waals surface area contributed by atoms with Crippen LogP contribution in [-0.2, 0) is 14.3 Å². The molecular formula is C14H14O3. The van der Waals surface area contributed by atoms with Gasteiger partial charge in [0, 0.05) is 0 Å². The Bertz CT molecular complexity index is 482. The first-order valence-corrected chi connectivity index (χ1v) is 6.80. The van der Waals surface area contributed by atoms with Crippen LogP contribution in [0.25, 0.3) is 0 Å². The predicted molar refractivity (Wildman–Crippen MR) is 55.2 cm³/mol. The summed E-state index contributed by atoms with van der Waals surface area (Å²) in [5.41, 5.74) is 1.06. The van der Waals surface area contributed by atoms with E-state index in [1.54, 1.807) is 0 Å². The molecule has 17 heavy (non-hydrogen) atoms. The van der Waals surface area contributed by atoms with Gasteiger partial charge in [-0.15, -0.1) is 0 Å². The van der Waals surface area contributed by atoms with Crippen LogP contribution in [-0.4, -0.2) is 11.9 Å². The van der Waals surface area contributed by atoms with Gasteiger partial charge in [-0.05, 0) is 46.3 Å². The molecule has 0 amide bonds. The van der Waals surface area contributed by atoms with Gasteiger partial charge in [0.05, 0.1) is 11.8 Å². The molecular weight excluding hydrogens is 216 g/mol. The van der Waals surface area contributed by atoms with E-state index in [4.69, 9.17) is 4.74 Å². The highest BCUT2D eigenvalue weighted by molar-refractivity contribution is 5.98. The van der Waals surface area contributed by atoms with Crippen molar-refractivity contribution in [2.45, 2.75) is 13.8 Å². The molecule has 6 saturated carbocycles. The summed E-state index contributed by atoms with van der Waals surface area (Å²) in [4.78, 5) is 23.7. The van der Waals surface area contributed by atoms with Gasteiger partial charge in [0.15, 0.2) is 0 Å². The Morgan fingerprint density at radius 2 is 1.18 bits per heavy atom. The van der Waals surface area contributed by atoms with E-state index in [0.29, 0.717) is 22.7 Å². The molecule has 10 atom stereocenters. The SMILES string of the molecule is CC12[C@@H]3C4[C@@H]5C(=O)OC(=O)[C@@H]5C5[C@@H]3C1(C)[C@@H]5[C@H]42. The quantitative estimate of drug-likeness (QED) is 0.462. The predicted octanol–water partition coefficient (Wildman–Crippen LogP) is 1.08. The lowest BCUT2D eigenvalue weighted by atomic mass is 9.00. The van der Waals surface area contributed by atoms with Crippen molar-refractivity contribution in [1.29, 1.82) is 0 Å². The van der Waals surface area contributed by atoms with Crippen LogP contribution in [0, 0.1) is 58.2 Å². The fraction of sp³-hybridized carbons (Fsp3) is 0.857. The number of cyclic esters (lactones) is 2. The Morgan fingerprint density at radius 1 is 0.824 bits per heavy atom. The maximum Gasteiger partial charge on any atom is 0.317 e. The van der Waals surface area contributed by atoms with Crippen molar-refractivity contribution in [2.24, 2.45) is 58.2 Å². The molecule has 0 radical (unpaired) electrons. The molecule has 2 bridgehead atoms. The third-order valence-electron chi connectivity index (χ3n) is 8.32. The van der Waals surface area contributed by atoms with Crippen molar-refractivity contribution in [3.63, 3.8) is 0 Å². The zero-order chi connectivity index (χ0) is 11.5. The second kappa shape index (κ2) is 1.70. The molecule has 3 heteroatoms. The van der Waals surface area contributed by atoms with Gasteiger partial charge in [0.1, 0.15) is 0 Å². The van der Waals surface area contributed by atoms with Crippen molar-refractivity contribution >= 4 is 11.9 Å². The highest BCUT2D eigenvalue weighted by atomic mass is 16.6. The fourth-order valence-corrected chi connectivity index (χ4v) is 8.16. The van der Waals surface area contributed by atoms with Gasteiger partial charge in [-0.1, -0.05) is 13.8 Å². The van der Waals surface area contributed by atoms with E-state index in [-0.39, 0.29) is 23.8 Å². The summed E-state index contributed by atoms with van der Waals surface area (Å²) in [5, 5.41) is 0. The summed E-state index contributed by atoms with van der Waals surface area (Å²) in [6, 6.07) is 0. The number of rotatable bonds is 0. The number of hydrogen-bond donors (Lipinski definition) is 0. The topological polar surface area (TPSA) is 43.4 Å². The van der Waals surface area contributed by atoms with Gasteiger partial charge < -0.3 is 4.74 Å². The fourth-order valence-electron chi connectivity index (χ4n) is 8.16. The second-order valence-corrected chi connectivity index (χ2v) is 7.61. The molecule has 1 aliphatic heterocycles. The average molecular weight is 230 g/mol. The standard InChI is InChI=1S/C14H14O3/c1-13-7-5-3-4(12(16)17-11(3)15)6-9(7)14(13,2)10(6)8(5)13/h3-10H,1-2H3/t3-,4+,5?,6?,7-,8-,9-,10+,13?,14?/m0/s1. The monoisotopic (exact) mass is 230 g/mol. The van der Waals surface area contributed by atoms with Crippen LogP contribution in [0.1, 0.15) is 13.8 Å². The van der Waals surface area contributed by atoms with Gasteiger partial charge in [-0.2, -0.15) is 0 Å². The zero-order valence-corrected chi connectivity index (χ0v) is 9.84. The molecule has 88 valence electrons. The molecule has 0 aromatic carbocycles. The molecule has 0 spiro atoms. The summed E-state index contributed by atoms with van der Waals surface area (Å²) in [7, 11) is 0. The molecule has 0 aromatic heterocycles. The minimum absolute atomic E-state index is 0.0482. The maximum absolute atomic E-state index is 11.8. The summed E-state index contributed by atoms with van der Waals surface area (Å²) in [5.74, 6) is 3.49. The van der Waals surface area contributed by atoms with Crippen LogP contribution in [0.5, 0.6) is 0 Å². The van der Waals surface area contributed by atoms with Crippen molar-refractivity contribution in [1.82, 2.24) is 0 Å². The van der Waals surface area contributed by atoms with Gasteiger partial charge in [-0.3, -0.25) is 9.59 Å². The zero-order valence-electron chi connectivity index (χ0n) is 9.84. The van der Waals surface area contributed by atoms with Crippen molar-refractivity contribution in [3.8, 4) is 0 Å². The summed E-state index contributed by atoms with van der Waals surface area (Å²) in [6.45, 7) is 4.84. The molecule has 4 unspecified atom stereocenters. The number of carbonyl (C=O) groups is 2. The van der Waals surface area contributed by atoms with Gasteiger partial charge in [0.25, 0.3) is 0 Å². The molecule has 0 aromatic rings. The van der Waals surface area contributed by atoms with Crippen molar-refractivity contribution in [3.05, 3.63) is 0 Å². The summed E-state index contributed by atoms with van der Waals surface area (Å²) >= 11 is 0. The first kappa shape index (κ1) is 8.28. The molecule has 1 heterocycles. The van der Waals surface area contributed by atoms with E-state index in [1.807, 2.05) is 0 Å². The Kier molecular flexibility index (Phi) is 0.830. The lowest BCUT2D eigenvalue weighted by Gasteiger charge is -3.03. The van der Waals surface area contributed by atoms with Gasteiger partial charge in [-0.25, -0.2) is 0 Å². The number of carbonyl (C=O) groups excluding carboxylic acids is 2. The van der Waals surface area contributed by atoms with Crippen LogP contribution in [0.3, 0.4) is 0 Å². The number of ether oxygens (including phenoxy) is 1. The van der Waals surface area contributed by atoms with Crippen LogP contribution in [0.4, 0.5) is 0 Å². The Balaban J connectivity index is 1.58. The number of hydrogen-bond acceptors (Lipinski definition) is 3. The normalized spacial score (nSPS) is 79.2. The van der Waals surface area contributed by atoms with Gasteiger partial charge in [0.2, 0.25) is 0 Å². The number of esters is 2. The molecule has 0 N–H and O–H groups in total. The van der Waals surface area contributed by atoms with Crippen molar-refractivity contribution < 1.29 is 14.3 Å². The minimum Gasteiger partial charge on any atom is -0.393 e. The van der Waals surface area contributed by atoms with E-state index in [1.165, 1.54) is 0 Å². The van der Waals surface area contributed by atoms with Crippen LogP contribution in [0.2, 0.25) is 0 Å². The molecule has 7 rings (SSSR count). The third kappa shape index (κ3) is 0.407. The van der Waals surface area contributed by atoms with Gasteiger partial charge >= 0.3 is 11.9 Å². The van der Waals surface area contributed by atoms with Crippen molar-refractivity contribution in [2.75, 3.05) is 0 Å². The second-order valence-electron chi connectivity index (χ2n) is 7.61. The van der Waals surface area contributed by atoms with E-state index in [2.05, 4.69) is 13.8 Å². The molecule has 1 saturated heterocycles. The Hall–Kier alpha value is -0.860. The van der Waals surface area contributed by atoms with E-state index < -0.39 is 0 Å². The molecule has 7 aliphatic rings. The van der Waals surface area contributed by atoms with Crippen LogP contribution in [0.15, 0.2) is 0 Å². The van der Waals surface area contributed by atoms with E-state index in [9.17, 15) is 9.59 Å². The highest BCUT2D eigenvalue weighted by Crippen LogP contribution is 3.03. The molecule has 7 fully saturated rings. The summed E-state index contributed by atoms with van der Waals surface area (Å²) < 4.78 is 4.92. The van der Waals surface area contributed by atoms with E-state index in [0.717, 1.165) is 23.7 Å². The van der Waals surface area contributed by atoms with E-state index >= 15 is 0 Å². The average Bonchev–Trinajstić information content (AvgIpc) is 2.62.